The van der Waals surface area contributed by atoms with Gasteiger partial charge in [-0.2, -0.15) is 0 Å². The van der Waals surface area contributed by atoms with Crippen LogP contribution in [0.5, 0.6) is 0 Å². The van der Waals surface area contributed by atoms with Crippen LogP contribution in [0.15, 0.2) is 6.33 Å². The van der Waals surface area contributed by atoms with Crippen molar-refractivity contribution in [2.75, 3.05) is 19.0 Å². The van der Waals surface area contributed by atoms with E-state index < -0.39 is 0 Å². The van der Waals surface area contributed by atoms with Gasteiger partial charge in [0, 0.05) is 18.4 Å². The largest absolute Gasteiger partial charge is 0.383 e. The predicted molar refractivity (Wildman–Crippen MR) is 72.8 cm³/mol. The number of nitrogens with zero attached hydrogens (tertiary/aromatic N) is 2. The maximum atomic E-state index is 5.28. The van der Waals surface area contributed by atoms with Crippen LogP contribution in [0.25, 0.3) is 0 Å². The smallest absolute Gasteiger partial charge is 0.133 e. The van der Waals surface area contributed by atoms with Gasteiger partial charge in [0.2, 0.25) is 0 Å². The van der Waals surface area contributed by atoms with Gasteiger partial charge in [-0.3, -0.25) is 0 Å². The number of aromatic nitrogens is 2. The summed E-state index contributed by atoms with van der Waals surface area (Å²) in [6.45, 7) is 5.10. The van der Waals surface area contributed by atoms with Crippen molar-refractivity contribution in [3.8, 4) is 0 Å². The Labute approximate surface area is 109 Å². The molecular weight excluding hydrogens is 226 g/mol. The van der Waals surface area contributed by atoms with E-state index in [1.54, 1.807) is 13.4 Å². The number of fused-ring (bicyclic) bond motifs is 1. The molecule has 2 rings (SSSR count). The molecule has 0 bridgehead atoms. The topological polar surface area (TPSA) is 47.0 Å². The van der Waals surface area contributed by atoms with Crippen molar-refractivity contribution < 1.29 is 4.74 Å². The van der Waals surface area contributed by atoms with Crippen LogP contribution in [0.2, 0.25) is 0 Å². The Morgan fingerprint density at radius 3 is 2.78 bits per heavy atom. The fourth-order valence-electron chi connectivity index (χ4n) is 2.40. The summed E-state index contributed by atoms with van der Waals surface area (Å²) in [5.74, 6) is 1.52. The van der Waals surface area contributed by atoms with Gasteiger partial charge in [0.25, 0.3) is 0 Å². The molecule has 4 nitrogen and oxygen atoms in total. The van der Waals surface area contributed by atoms with Crippen LogP contribution in [0.1, 0.15) is 37.9 Å². The van der Waals surface area contributed by atoms with Crippen LogP contribution < -0.4 is 5.32 Å². The first kappa shape index (κ1) is 13.3. The Morgan fingerprint density at radius 1 is 1.28 bits per heavy atom. The van der Waals surface area contributed by atoms with Crippen molar-refractivity contribution in [1.82, 2.24) is 9.97 Å². The number of rotatable bonds is 5. The van der Waals surface area contributed by atoms with Crippen LogP contribution in [-0.2, 0) is 17.6 Å². The number of hydrogen-bond donors (Lipinski definition) is 1. The highest BCUT2D eigenvalue weighted by molar-refractivity contribution is 5.47. The first-order valence-corrected chi connectivity index (χ1v) is 6.80. The number of methoxy groups -OCH3 is 1. The number of nitrogens with one attached hydrogen (secondary N) is 1. The van der Waals surface area contributed by atoms with Gasteiger partial charge in [-0.05, 0) is 31.6 Å². The monoisotopic (exact) mass is 249 g/mol. The molecule has 1 aromatic heterocycles. The van der Waals surface area contributed by atoms with Crippen LogP contribution in [0.4, 0.5) is 5.82 Å². The van der Waals surface area contributed by atoms with E-state index >= 15 is 0 Å². The third kappa shape index (κ3) is 2.99. The quantitative estimate of drug-likeness (QED) is 0.870. The molecule has 4 heteroatoms. The first-order chi connectivity index (χ1) is 8.72. The Bertz CT molecular complexity index is 393. The lowest BCUT2D eigenvalue weighted by molar-refractivity contribution is 0.171. The molecule has 1 heterocycles. The van der Waals surface area contributed by atoms with Gasteiger partial charge in [-0.1, -0.05) is 13.8 Å². The van der Waals surface area contributed by atoms with E-state index in [0.717, 1.165) is 18.7 Å². The van der Waals surface area contributed by atoms with E-state index in [4.69, 9.17) is 4.74 Å². The third-order valence-corrected chi connectivity index (χ3v) is 3.60. The van der Waals surface area contributed by atoms with Gasteiger partial charge in [-0.15, -0.1) is 0 Å². The van der Waals surface area contributed by atoms with Gasteiger partial charge >= 0.3 is 0 Å². The molecule has 0 saturated carbocycles. The number of anilines is 1. The van der Waals surface area contributed by atoms with E-state index in [9.17, 15) is 0 Å². The van der Waals surface area contributed by atoms with Crippen molar-refractivity contribution >= 4 is 5.82 Å². The average molecular weight is 249 g/mol. The SMILES string of the molecule is COCC(Nc1ncnc2c1CCCC2)C(C)C. The first-order valence-electron chi connectivity index (χ1n) is 6.80. The molecule has 0 amide bonds. The van der Waals surface area contributed by atoms with Crippen molar-refractivity contribution in [3.05, 3.63) is 17.6 Å². The molecule has 0 spiro atoms. The molecule has 1 unspecified atom stereocenters. The number of hydrogen-bond acceptors (Lipinski definition) is 4. The molecule has 1 N–H and O–H groups in total. The lowest BCUT2D eigenvalue weighted by Crippen LogP contribution is -2.31. The molecule has 1 atom stereocenters. The molecule has 1 aromatic rings. The van der Waals surface area contributed by atoms with Gasteiger partial charge < -0.3 is 10.1 Å². The Hall–Kier alpha value is -1.16. The summed E-state index contributed by atoms with van der Waals surface area (Å²) in [4.78, 5) is 8.81. The second-order valence-electron chi connectivity index (χ2n) is 5.30. The summed E-state index contributed by atoms with van der Waals surface area (Å²) in [6.07, 6.45) is 6.34. The minimum Gasteiger partial charge on any atom is -0.383 e. The van der Waals surface area contributed by atoms with Crippen LogP contribution in [0.3, 0.4) is 0 Å². The van der Waals surface area contributed by atoms with Crippen molar-refractivity contribution in [3.63, 3.8) is 0 Å². The van der Waals surface area contributed by atoms with E-state index in [1.807, 2.05) is 0 Å². The fourth-order valence-corrected chi connectivity index (χ4v) is 2.40. The lowest BCUT2D eigenvalue weighted by atomic mass is 9.96. The Kier molecular flexibility index (Phi) is 4.53. The Balaban J connectivity index is 2.17. The molecule has 1 aliphatic rings. The van der Waals surface area contributed by atoms with E-state index in [1.165, 1.54) is 24.1 Å². The molecule has 1 aliphatic carbocycles. The molecule has 0 radical (unpaired) electrons. The van der Waals surface area contributed by atoms with E-state index in [2.05, 4.69) is 29.1 Å². The maximum absolute atomic E-state index is 5.28. The summed E-state index contributed by atoms with van der Waals surface area (Å²) < 4.78 is 5.28. The van der Waals surface area contributed by atoms with Crippen molar-refractivity contribution in [2.24, 2.45) is 5.92 Å². The summed E-state index contributed by atoms with van der Waals surface area (Å²) in [6, 6.07) is 0.302. The normalized spacial score (nSPS) is 16.4. The third-order valence-electron chi connectivity index (χ3n) is 3.60. The van der Waals surface area contributed by atoms with Gasteiger partial charge in [0.05, 0.1) is 12.6 Å². The number of aryl methyl sites for hydroxylation is 1. The van der Waals surface area contributed by atoms with Crippen LogP contribution >= 0.6 is 0 Å². The van der Waals surface area contributed by atoms with Crippen molar-refractivity contribution in [2.45, 2.75) is 45.6 Å². The molecule has 0 aliphatic heterocycles. The summed E-state index contributed by atoms with van der Waals surface area (Å²) in [5.41, 5.74) is 2.53. The van der Waals surface area contributed by atoms with E-state index in [0.29, 0.717) is 18.6 Å². The zero-order valence-electron chi connectivity index (χ0n) is 11.6. The second kappa shape index (κ2) is 6.14. The van der Waals surface area contributed by atoms with Gasteiger partial charge in [0.1, 0.15) is 12.1 Å². The molecular formula is C14H23N3O. The lowest BCUT2D eigenvalue weighted by Gasteiger charge is -2.25. The average Bonchev–Trinajstić information content (AvgIpc) is 2.38. The zero-order valence-corrected chi connectivity index (χ0v) is 11.6. The fraction of sp³-hybridized carbons (Fsp3) is 0.714. The predicted octanol–water partition coefficient (Wildman–Crippen LogP) is 2.44. The highest BCUT2D eigenvalue weighted by atomic mass is 16.5. The minimum absolute atomic E-state index is 0.302. The summed E-state index contributed by atoms with van der Waals surface area (Å²) in [5, 5.41) is 3.53. The van der Waals surface area contributed by atoms with E-state index in [-0.39, 0.29) is 0 Å². The maximum Gasteiger partial charge on any atom is 0.133 e. The molecule has 18 heavy (non-hydrogen) atoms. The van der Waals surface area contributed by atoms with Crippen LogP contribution in [-0.4, -0.2) is 29.7 Å². The molecule has 0 fully saturated rings. The Morgan fingerprint density at radius 2 is 2.06 bits per heavy atom. The second-order valence-corrected chi connectivity index (χ2v) is 5.30. The highest BCUT2D eigenvalue weighted by Gasteiger charge is 2.19. The standard InChI is InChI=1S/C14H23N3O/c1-10(2)13(8-18-3)17-14-11-6-4-5-7-12(11)15-9-16-14/h9-10,13H,4-8H2,1-3H3,(H,15,16,17). The highest BCUT2D eigenvalue weighted by Crippen LogP contribution is 2.25. The molecule has 0 saturated heterocycles. The van der Waals surface area contributed by atoms with Crippen LogP contribution in [0, 0.1) is 5.92 Å². The zero-order chi connectivity index (χ0) is 13.0. The summed E-state index contributed by atoms with van der Waals surface area (Å²) >= 11 is 0. The molecule has 100 valence electrons. The number of ether oxygens (including phenoxy) is 1. The molecule has 0 aromatic carbocycles. The van der Waals surface area contributed by atoms with Gasteiger partial charge in [-0.25, -0.2) is 9.97 Å². The van der Waals surface area contributed by atoms with Gasteiger partial charge in [0.15, 0.2) is 0 Å². The summed E-state index contributed by atoms with van der Waals surface area (Å²) in [7, 11) is 1.74. The van der Waals surface area contributed by atoms with Crippen molar-refractivity contribution in [1.29, 1.82) is 0 Å². The minimum atomic E-state index is 0.302.